The lowest BCUT2D eigenvalue weighted by molar-refractivity contribution is -0.138. The summed E-state index contributed by atoms with van der Waals surface area (Å²) in [5.41, 5.74) is 0.866. The molecule has 2 N–H and O–H groups in total. The number of nitrogens with one attached hydrogen (secondary N) is 1. The average molecular weight is 315 g/mol. The molecular formula is C18H25N3O2. The van der Waals surface area contributed by atoms with Gasteiger partial charge in [-0.15, -0.1) is 0 Å². The maximum atomic E-state index is 11.5. The summed E-state index contributed by atoms with van der Waals surface area (Å²) < 4.78 is 0. The van der Waals surface area contributed by atoms with Gasteiger partial charge in [0.05, 0.1) is 5.52 Å². The molecule has 0 aliphatic rings. The Balaban J connectivity index is 1.98. The first-order chi connectivity index (χ1) is 11.1. The topological polar surface area (TPSA) is 65.5 Å². The lowest BCUT2D eigenvalue weighted by atomic mass is 10.1. The summed E-state index contributed by atoms with van der Waals surface area (Å²) in [4.78, 5) is 18.3. The van der Waals surface area contributed by atoms with Crippen LogP contribution in [0.1, 0.15) is 26.7 Å². The summed E-state index contributed by atoms with van der Waals surface area (Å²) in [5.74, 6) is -0.224. The molecule has 5 heteroatoms. The molecule has 1 atom stereocenters. The van der Waals surface area contributed by atoms with Gasteiger partial charge in [0.25, 0.3) is 0 Å². The number of benzene rings is 1. The second-order valence-electron chi connectivity index (χ2n) is 5.59. The third-order valence-corrected chi connectivity index (χ3v) is 4.08. The van der Waals surface area contributed by atoms with Gasteiger partial charge in [-0.1, -0.05) is 32.0 Å². The number of para-hydroxylation sites is 1. The van der Waals surface area contributed by atoms with Gasteiger partial charge in [-0.2, -0.15) is 0 Å². The van der Waals surface area contributed by atoms with Crippen molar-refractivity contribution in [2.75, 3.05) is 25.0 Å². The van der Waals surface area contributed by atoms with Gasteiger partial charge in [0.1, 0.15) is 11.9 Å². The van der Waals surface area contributed by atoms with Crippen molar-refractivity contribution in [3.05, 3.63) is 36.4 Å². The van der Waals surface area contributed by atoms with Crippen molar-refractivity contribution >= 4 is 22.7 Å². The monoisotopic (exact) mass is 315 g/mol. The molecule has 2 aromatic rings. The van der Waals surface area contributed by atoms with Crippen LogP contribution < -0.4 is 5.32 Å². The van der Waals surface area contributed by atoms with Crippen molar-refractivity contribution in [2.24, 2.45) is 0 Å². The predicted octanol–water partition coefficient (Wildman–Crippen LogP) is 3.22. The number of nitrogens with zero attached hydrogens (tertiary/aromatic N) is 2. The Hall–Kier alpha value is -2.14. The molecule has 0 radical (unpaired) electrons. The Morgan fingerprint density at radius 2 is 1.96 bits per heavy atom. The number of carboxylic acids is 1. The van der Waals surface area contributed by atoms with Gasteiger partial charge < -0.3 is 15.3 Å². The Labute approximate surface area is 137 Å². The van der Waals surface area contributed by atoms with Crippen molar-refractivity contribution in [1.29, 1.82) is 0 Å². The molecule has 1 heterocycles. The summed E-state index contributed by atoms with van der Waals surface area (Å²) in [5, 5.41) is 13.5. The number of aliphatic carboxylic acids is 1. The van der Waals surface area contributed by atoms with Crippen LogP contribution in [0.2, 0.25) is 0 Å². The van der Waals surface area contributed by atoms with Crippen molar-refractivity contribution in [2.45, 2.75) is 32.7 Å². The Morgan fingerprint density at radius 1 is 1.22 bits per heavy atom. The summed E-state index contributed by atoms with van der Waals surface area (Å²) in [7, 11) is 0. The quantitative estimate of drug-likeness (QED) is 0.744. The van der Waals surface area contributed by atoms with E-state index in [1.807, 2.05) is 36.4 Å². The highest BCUT2D eigenvalue weighted by Crippen LogP contribution is 2.16. The number of carbonyl (C=O) groups is 1. The molecule has 1 unspecified atom stereocenters. The molecule has 1 aromatic heterocycles. The van der Waals surface area contributed by atoms with Crippen molar-refractivity contribution in [3.63, 3.8) is 0 Å². The summed E-state index contributed by atoms with van der Waals surface area (Å²) in [6, 6.07) is 11.0. The average Bonchev–Trinajstić information content (AvgIpc) is 2.57. The molecule has 0 fully saturated rings. The van der Waals surface area contributed by atoms with Crippen LogP contribution in [0.15, 0.2) is 36.4 Å². The molecule has 124 valence electrons. The molecule has 2 rings (SSSR count). The van der Waals surface area contributed by atoms with Crippen LogP contribution in [-0.2, 0) is 4.79 Å². The predicted molar refractivity (Wildman–Crippen MR) is 93.8 cm³/mol. The largest absolute Gasteiger partial charge is 0.480 e. The zero-order chi connectivity index (χ0) is 16.7. The number of rotatable bonds is 9. The SMILES string of the molecule is CCN(CC)CCCC(Nc1ccc2ccccc2n1)C(=O)O. The number of anilines is 1. The maximum Gasteiger partial charge on any atom is 0.326 e. The first-order valence-corrected chi connectivity index (χ1v) is 8.21. The highest BCUT2D eigenvalue weighted by Gasteiger charge is 2.17. The Bertz CT molecular complexity index is 641. The minimum Gasteiger partial charge on any atom is -0.480 e. The number of hydrogen-bond donors (Lipinski definition) is 2. The van der Waals surface area contributed by atoms with Gasteiger partial charge in [-0.05, 0) is 50.7 Å². The third-order valence-electron chi connectivity index (χ3n) is 4.08. The van der Waals surface area contributed by atoms with Crippen molar-refractivity contribution in [3.8, 4) is 0 Å². The number of aromatic nitrogens is 1. The van der Waals surface area contributed by atoms with E-state index in [2.05, 4.69) is 29.0 Å². The Kier molecular flexibility index (Phi) is 6.35. The molecule has 0 saturated heterocycles. The fourth-order valence-electron chi connectivity index (χ4n) is 2.64. The molecule has 0 aliphatic heterocycles. The van der Waals surface area contributed by atoms with E-state index in [1.165, 1.54) is 0 Å². The minimum atomic E-state index is -0.834. The number of hydrogen-bond acceptors (Lipinski definition) is 4. The van der Waals surface area contributed by atoms with Gasteiger partial charge in [0, 0.05) is 5.39 Å². The van der Waals surface area contributed by atoms with E-state index in [4.69, 9.17) is 0 Å². The van der Waals surface area contributed by atoms with Crippen LogP contribution in [0.3, 0.4) is 0 Å². The fourth-order valence-corrected chi connectivity index (χ4v) is 2.64. The van der Waals surface area contributed by atoms with Crippen molar-refractivity contribution in [1.82, 2.24) is 9.88 Å². The van der Waals surface area contributed by atoms with Gasteiger partial charge in [-0.3, -0.25) is 0 Å². The maximum absolute atomic E-state index is 11.5. The zero-order valence-electron chi connectivity index (χ0n) is 13.8. The van der Waals surface area contributed by atoms with E-state index < -0.39 is 12.0 Å². The van der Waals surface area contributed by atoms with Crippen LogP contribution in [0.4, 0.5) is 5.82 Å². The molecule has 23 heavy (non-hydrogen) atoms. The number of pyridine rings is 1. The zero-order valence-corrected chi connectivity index (χ0v) is 13.8. The van der Waals surface area contributed by atoms with E-state index in [0.29, 0.717) is 12.2 Å². The van der Waals surface area contributed by atoms with Crippen LogP contribution in [0, 0.1) is 0 Å². The van der Waals surface area contributed by atoms with Gasteiger partial charge in [0.2, 0.25) is 0 Å². The molecule has 0 saturated carbocycles. The summed E-state index contributed by atoms with van der Waals surface area (Å²) in [6.45, 7) is 7.15. The summed E-state index contributed by atoms with van der Waals surface area (Å²) >= 11 is 0. The summed E-state index contributed by atoms with van der Waals surface area (Å²) in [6.07, 6.45) is 1.43. The van der Waals surface area contributed by atoms with Crippen molar-refractivity contribution < 1.29 is 9.90 Å². The molecule has 0 aliphatic carbocycles. The molecule has 0 spiro atoms. The van der Waals surface area contributed by atoms with Crippen LogP contribution in [0.25, 0.3) is 10.9 Å². The van der Waals surface area contributed by atoms with E-state index in [1.54, 1.807) is 0 Å². The molecule has 5 nitrogen and oxygen atoms in total. The second kappa shape index (κ2) is 8.48. The molecule has 0 amide bonds. The minimum absolute atomic E-state index is 0.584. The molecule has 0 bridgehead atoms. The standard InChI is InChI=1S/C18H25N3O2/c1-3-21(4-2)13-7-10-16(18(22)23)20-17-12-11-14-8-5-6-9-15(14)19-17/h5-6,8-9,11-12,16H,3-4,7,10,13H2,1-2H3,(H,19,20)(H,22,23). The fraction of sp³-hybridized carbons (Fsp3) is 0.444. The number of fused-ring (bicyclic) bond motifs is 1. The van der Waals surface area contributed by atoms with Crippen LogP contribution in [0.5, 0.6) is 0 Å². The highest BCUT2D eigenvalue weighted by atomic mass is 16.4. The highest BCUT2D eigenvalue weighted by molar-refractivity contribution is 5.81. The van der Waals surface area contributed by atoms with Crippen LogP contribution >= 0.6 is 0 Å². The van der Waals surface area contributed by atoms with Crippen LogP contribution in [-0.4, -0.2) is 46.6 Å². The van der Waals surface area contributed by atoms with E-state index in [0.717, 1.165) is 37.0 Å². The normalized spacial score (nSPS) is 12.5. The smallest absolute Gasteiger partial charge is 0.326 e. The second-order valence-corrected chi connectivity index (χ2v) is 5.59. The van der Waals surface area contributed by atoms with Gasteiger partial charge in [-0.25, -0.2) is 9.78 Å². The van der Waals surface area contributed by atoms with E-state index in [-0.39, 0.29) is 0 Å². The first-order valence-electron chi connectivity index (χ1n) is 8.21. The van der Waals surface area contributed by atoms with E-state index in [9.17, 15) is 9.90 Å². The Morgan fingerprint density at radius 3 is 2.65 bits per heavy atom. The number of carboxylic acid groups (broad SMARTS) is 1. The van der Waals surface area contributed by atoms with E-state index >= 15 is 0 Å². The lowest BCUT2D eigenvalue weighted by Crippen LogP contribution is -2.31. The first kappa shape index (κ1) is 17.2. The van der Waals surface area contributed by atoms with Gasteiger partial charge in [0.15, 0.2) is 0 Å². The van der Waals surface area contributed by atoms with Gasteiger partial charge >= 0.3 is 5.97 Å². The third kappa shape index (κ3) is 4.93. The lowest BCUT2D eigenvalue weighted by Gasteiger charge is -2.20. The molecular weight excluding hydrogens is 290 g/mol. The molecule has 1 aromatic carbocycles.